The molecule has 2 fully saturated rings. The summed E-state index contributed by atoms with van der Waals surface area (Å²) in [5.74, 6) is 0.152. The zero-order valence-corrected chi connectivity index (χ0v) is 15.8. The Hall–Kier alpha value is -1.56. The molecule has 3 rings (SSSR count). The van der Waals surface area contributed by atoms with Crippen molar-refractivity contribution in [1.29, 1.82) is 0 Å². The van der Waals surface area contributed by atoms with Gasteiger partial charge in [0.05, 0.1) is 11.4 Å². The average Bonchev–Trinajstić information content (AvgIpc) is 2.83. The molecule has 2 aliphatic rings. The molecule has 0 aromatic heterocycles. The summed E-state index contributed by atoms with van der Waals surface area (Å²) in [6, 6.07) is 5.60. The summed E-state index contributed by atoms with van der Waals surface area (Å²) < 4.78 is 26.1. The van der Waals surface area contributed by atoms with Crippen molar-refractivity contribution < 1.29 is 13.2 Å². The maximum atomic E-state index is 12.5. The lowest BCUT2D eigenvalue weighted by molar-refractivity contribution is 0.0933. The Kier molecular flexibility index (Phi) is 5.67. The van der Waals surface area contributed by atoms with E-state index in [2.05, 4.69) is 5.32 Å². The summed E-state index contributed by atoms with van der Waals surface area (Å²) in [6.45, 7) is 2.40. The van der Waals surface area contributed by atoms with Crippen LogP contribution in [-0.4, -0.2) is 32.7 Å². The maximum Gasteiger partial charge on any atom is 0.251 e. The number of benzene rings is 1. The van der Waals surface area contributed by atoms with Crippen LogP contribution in [0.5, 0.6) is 0 Å². The van der Waals surface area contributed by atoms with E-state index in [1.807, 2.05) is 13.0 Å². The van der Waals surface area contributed by atoms with Crippen molar-refractivity contribution in [3.05, 3.63) is 29.3 Å². The lowest BCUT2D eigenvalue weighted by atomic mass is 10.1. The fraction of sp³-hybridized carbons (Fsp3) is 0.632. The van der Waals surface area contributed by atoms with Crippen LogP contribution in [0, 0.1) is 6.92 Å². The number of hydrogen-bond acceptors (Lipinski definition) is 3. The summed E-state index contributed by atoms with van der Waals surface area (Å²) in [5, 5.41) is 3.15. The second-order valence-corrected chi connectivity index (χ2v) is 9.27. The molecule has 1 aromatic carbocycles. The van der Waals surface area contributed by atoms with E-state index in [0.29, 0.717) is 17.8 Å². The van der Waals surface area contributed by atoms with Gasteiger partial charge in [0.15, 0.2) is 0 Å². The van der Waals surface area contributed by atoms with Crippen LogP contribution in [0.3, 0.4) is 0 Å². The van der Waals surface area contributed by atoms with Gasteiger partial charge < -0.3 is 5.32 Å². The second kappa shape index (κ2) is 7.77. The number of rotatable bonds is 3. The van der Waals surface area contributed by atoms with E-state index in [-0.39, 0.29) is 17.7 Å². The van der Waals surface area contributed by atoms with Gasteiger partial charge >= 0.3 is 0 Å². The summed E-state index contributed by atoms with van der Waals surface area (Å²) in [4.78, 5) is 12.5. The van der Waals surface area contributed by atoms with Crippen LogP contribution in [0.1, 0.15) is 67.3 Å². The minimum absolute atomic E-state index is 0.0527. The Bertz CT molecular complexity index is 722. The molecular weight excluding hydrogens is 336 g/mol. The third kappa shape index (κ3) is 4.35. The number of nitrogens with zero attached hydrogens (tertiary/aromatic N) is 1. The Morgan fingerprint density at radius 3 is 2.44 bits per heavy atom. The fourth-order valence-corrected chi connectivity index (χ4v) is 5.53. The van der Waals surface area contributed by atoms with Gasteiger partial charge in [0.2, 0.25) is 10.0 Å². The lowest BCUT2D eigenvalue weighted by Gasteiger charge is -2.29. The van der Waals surface area contributed by atoms with Gasteiger partial charge in [0.25, 0.3) is 5.91 Å². The van der Waals surface area contributed by atoms with Crippen LogP contribution in [0.25, 0.3) is 0 Å². The Balaban J connectivity index is 1.73. The molecule has 25 heavy (non-hydrogen) atoms. The van der Waals surface area contributed by atoms with Crippen molar-refractivity contribution in [1.82, 2.24) is 5.32 Å². The van der Waals surface area contributed by atoms with Crippen molar-refractivity contribution in [3.8, 4) is 0 Å². The SMILES string of the molecule is Cc1cc(C(=O)NC2CCCCCC2)ccc1N1CCCCS1(=O)=O. The molecule has 6 heteroatoms. The number of carbonyl (C=O) groups is 1. The van der Waals surface area contributed by atoms with Crippen molar-refractivity contribution in [3.63, 3.8) is 0 Å². The minimum atomic E-state index is -3.23. The molecule has 0 spiro atoms. The molecule has 1 heterocycles. The van der Waals surface area contributed by atoms with Gasteiger partial charge in [-0.05, 0) is 56.4 Å². The van der Waals surface area contributed by atoms with Gasteiger partial charge in [-0.15, -0.1) is 0 Å². The molecule has 138 valence electrons. The molecule has 1 N–H and O–H groups in total. The smallest absolute Gasteiger partial charge is 0.251 e. The van der Waals surface area contributed by atoms with Crippen molar-refractivity contribution in [2.45, 2.75) is 64.3 Å². The van der Waals surface area contributed by atoms with Crippen molar-refractivity contribution in [2.24, 2.45) is 0 Å². The number of amides is 1. The monoisotopic (exact) mass is 364 g/mol. The number of nitrogens with one attached hydrogen (secondary N) is 1. The normalized spacial score (nSPS) is 21.6. The van der Waals surface area contributed by atoms with Gasteiger partial charge in [0, 0.05) is 18.2 Å². The van der Waals surface area contributed by atoms with Crippen LogP contribution in [0.4, 0.5) is 5.69 Å². The molecule has 5 nitrogen and oxygen atoms in total. The first-order chi connectivity index (χ1) is 12.0. The number of aryl methyl sites for hydroxylation is 1. The average molecular weight is 365 g/mol. The molecule has 1 aliphatic carbocycles. The predicted octanol–water partition coefficient (Wildman–Crippen LogP) is 3.38. The first kappa shape index (κ1) is 18.2. The molecule has 1 saturated heterocycles. The van der Waals surface area contributed by atoms with Crippen molar-refractivity contribution in [2.75, 3.05) is 16.6 Å². The number of hydrogen-bond donors (Lipinski definition) is 1. The fourth-order valence-electron chi connectivity index (χ4n) is 3.83. The largest absolute Gasteiger partial charge is 0.349 e. The third-order valence-electron chi connectivity index (χ3n) is 5.27. The summed E-state index contributed by atoms with van der Waals surface area (Å²) in [7, 11) is -3.23. The molecule has 1 saturated carbocycles. The summed E-state index contributed by atoms with van der Waals surface area (Å²) >= 11 is 0. The third-order valence-corrected chi connectivity index (χ3v) is 7.12. The highest BCUT2D eigenvalue weighted by atomic mass is 32.2. The van der Waals surface area contributed by atoms with Crippen molar-refractivity contribution >= 4 is 21.6 Å². The molecule has 0 atom stereocenters. The van der Waals surface area contributed by atoms with E-state index in [9.17, 15) is 13.2 Å². The molecular formula is C19H28N2O3S. The van der Waals surface area contributed by atoms with Crippen LogP contribution in [0.15, 0.2) is 18.2 Å². The van der Waals surface area contributed by atoms with Gasteiger partial charge in [-0.1, -0.05) is 25.7 Å². The first-order valence-electron chi connectivity index (χ1n) is 9.39. The Morgan fingerprint density at radius 2 is 1.80 bits per heavy atom. The number of sulfonamides is 1. The van der Waals surface area contributed by atoms with E-state index >= 15 is 0 Å². The highest BCUT2D eigenvalue weighted by molar-refractivity contribution is 7.92. The van der Waals surface area contributed by atoms with Crippen LogP contribution < -0.4 is 9.62 Å². The van der Waals surface area contributed by atoms with E-state index < -0.39 is 10.0 Å². The Morgan fingerprint density at radius 1 is 1.08 bits per heavy atom. The van der Waals surface area contributed by atoms with E-state index in [4.69, 9.17) is 0 Å². The van der Waals surface area contributed by atoms with Gasteiger partial charge in [-0.2, -0.15) is 0 Å². The summed E-state index contributed by atoms with van der Waals surface area (Å²) in [5.41, 5.74) is 2.14. The van der Waals surface area contributed by atoms with E-state index in [1.165, 1.54) is 30.0 Å². The quantitative estimate of drug-likeness (QED) is 0.836. The van der Waals surface area contributed by atoms with Crippen LogP contribution in [-0.2, 0) is 10.0 Å². The topological polar surface area (TPSA) is 66.5 Å². The molecule has 1 amide bonds. The zero-order chi connectivity index (χ0) is 17.9. The second-order valence-electron chi connectivity index (χ2n) is 7.26. The maximum absolute atomic E-state index is 12.5. The first-order valence-corrected chi connectivity index (χ1v) is 11.0. The molecule has 0 unspecified atom stereocenters. The molecule has 1 aliphatic heterocycles. The molecule has 0 bridgehead atoms. The van der Waals surface area contributed by atoms with Crippen LogP contribution >= 0.6 is 0 Å². The van der Waals surface area contributed by atoms with E-state index in [0.717, 1.165) is 31.2 Å². The Labute approximate surface area is 150 Å². The highest BCUT2D eigenvalue weighted by Crippen LogP contribution is 2.27. The van der Waals surface area contributed by atoms with Crippen LogP contribution in [0.2, 0.25) is 0 Å². The van der Waals surface area contributed by atoms with Gasteiger partial charge in [-0.25, -0.2) is 8.42 Å². The lowest BCUT2D eigenvalue weighted by Crippen LogP contribution is -2.38. The standard InChI is InChI=1S/C19H28N2O3S/c1-15-14-16(19(22)20-17-8-4-2-3-5-9-17)10-11-18(15)21-12-6-7-13-25(21,23)24/h10-11,14,17H,2-9,12-13H2,1H3,(H,20,22). The predicted molar refractivity (Wildman–Crippen MR) is 101 cm³/mol. The summed E-state index contributed by atoms with van der Waals surface area (Å²) in [6.07, 6.45) is 8.56. The molecule has 1 aromatic rings. The van der Waals surface area contributed by atoms with Gasteiger partial charge in [0.1, 0.15) is 0 Å². The zero-order valence-electron chi connectivity index (χ0n) is 15.0. The highest BCUT2D eigenvalue weighted by Gasteiger charge is 2.27. The molecule has 0 radical (unpaired) electrons. The van der Waals surface area contributed by atoms with Gasteiger partial charge in [-0.3, -0.25) is 9.10 Å². The van der Waals surface area contributed by atoms with E-state index in [1.54, 1.807) is 12.1 Å². The number of anilines is 1. The number of carbonyl (C=O) groups excluding carboxylic acids is 1. The minimum Gasteiger partial charge on any atom is -0.349 e.